The second-order valence-electron chi connectivity index (χ2n) is 6.70. The Hall–Kier alpha value is -2.34. The number of halogens is 2. The van der Waals surface area contributed by atoms with Crippen molar-refractivity contribution in [2.45, 2.75) is 18.8 Å². The second-order valence-corrected chi connectivity index (χ2v) is 7.51. The lowest BCUT2D eigenvalue weighted by Gasteiger charge is -2.22. The van der Waals surface area contributed by atoms with Gasteiger partial charge in [0.15, 0.2) is 0 Å². The van der Waals surface area contributed by atoms with E-state index in [0.29, 0.717) is 34.5 Å². The number of nitrogens with one attached hydrogen (secondary N) is 2. The summed E-state index contributed by atoms with van der Waals surface area (Å²) in [4.78, 5) is 12.9. The van der Waals surface area contributed by atoms with Gasteiger partial charge in [-0.1, -0.05) is 53.5 Å². The van der Waals surface area contributed by atoms with Crippen LogP contribution in [0.4, 0.5) is 5.69 Å². The number of benzene rings is 2. The van der Waals surface area contributed by atoms with Gasteiger partial charge in [-0.2, -0.15) is 5.10 Å². The number of hydrogen-bond acceptors (Lipinski definition) is 3. The fourth-order valence-electron chi connectivity index (χ4n) is 3.39. The van der Waals surface area contributed by atoms with Gasteiger partial charge in [0.05, 0.1) is 21.4 Å². The molecule has 1 aliphatic rings. The summed E-state index contributed by atoms with van der Waals surface area (Å²) in [5.41, 5.74) is 3.72. The minimum atomic E-state index is -0.259. The highest BCUT2D eigenvalue weighted by Crippen LogP contribution is 2.37. The number of anilines is 1. The Morgan fingerprint density at radius 2 is 1.82 bits per heavy atom. The SMILES string of the molecule is O=C(Nc1c(-c2ccccc2)n[nH]c1C1CCOCC1)c1ccc(Cl)c(Cl)c1. The monoisotopic (exact) mass is 415 g/mol. The number of aromatic nitrogens is 2. The predicted molar refractivity (Wildman–Crippen MR) is 111 cm³/mol. The van der Waals surface area contributed by atoms with Crippen LogP contribution in [0, 0.1) is 0 Å². The Kier molecular flexibility index (Phi) is 5.67. The summed E-state index contributed by atoms with van der Waals surface area (Å²) in [6.45, 7) is 1.40. The van der Waals surface area contributed by atoms with Gasteiger partial charge in [0.25, 0.3) is 5.91 Å². The number of carbonyl (C=O) groups excluding carboxylic acids is 1. The standard InChI is InChI=1S/C21H19Cl2N3O2/c22-16-7-6-15(12-17(16)23)21(27)24-20-18(13-4-2-1-3-5-13)25-26-19(20)14-8-10-28-11-9-14/h1-7,12,14H,8-11H2,(H,24,27)(H,25,26). The zero-order valence-electron chi connectivity index (χ0n) is 15.0. The Bertz CT molecular complexity index is 983. The summed E-state index contributed by atoms with van der Waals surface area (Å²) in [6.07, 6.45) is 1.76. The Morgan fingerprint density at radius 3 is 2.54 bits per heavy atom. The third kappa shape index (κ3) is 3.92. The first-order chi connectivity index (χ1) is 13.6. The van der Waals surface area contributed by atoms with Gasteiger partial charge in [-0.3, -0.25) is 9.89 Å². The minimum Gasteiger partial charge on any atom is -0.381 e. The number of amides is 1. The molecule has 0 atom stereocenters. The Balaban J connectivity index is 1.71. The van der Waals surface area contributed by atoms with Gasteiger partial charge in [0.1, 0.15) is 5.69 Å². The quantitative estimate of drug-likeness (QED) is 0.588. The summed E-state index contributed by atoms with van der Waals surface area (Å²) < 4.78 is 5.48. The zero-order valence-corrected chi connectivity index (χ0v) is 16.6. The van der Waals surface area contributed by atoms with E-state index >= 15 is 0 Å². The van der Waals surface area contributed by atoms with Crippen molar-refractivity contribution in [2.24, 2.45) is 0 Å². The largest absolute Gasteiger partial charge is 0.381 e. The normalized spacial score (nSPS) is 14.8. The third-order valence-corrected chi connectivity index (χ3v) is 5.63. The number of hydrogen-bond donors (Lipinski definition) is 2. The molecule has 2 N–H and O–H groups in total. The average Bonchev–Trinajstić information content (AvgIpc) is 3.14. The number of ether oxygens (including phenoxy) is 1. The van der Waals surface area contributed by atoms with E-state index in [2.05, 4.69) is 15.5 Å². The van der Waals surface area contributed by atoms with Crippen molar-refractivity contribution in [3.05, 3.63) is 69.8 Å². The molecule has 0 bridgehead atoms. The Morgan fingerprint density at radius 1 is 1.07 bits per heavy atom. The van der Waals surface area contributed by atoms with Crippen molar-refractivity contribution in [3.8, 4) is 11.3 Å². The van der Waals surface area contributed by atoms with Gasteiger partial charge in [-0.05, 0) is 31.0 Å². The lowest BCUT2D eigenvalue weighted by atomic mass is 9.94. The van der Waals surface area contributed by atoms with Crippen molar-refractivity contribution >= 4 is 34.8 Å². The molecular weight excluding hydrogens is 397 g/mol. The molecule has 2 heterocycles. The molecule has 0 radical (unpaired) electrons. The number of rotatable bonds is 4. The molecule has 5 nitrogen and oxygen atoms in total. The van der Waals surface area contributed by atoms with E-state index in [1.807, 2.05) is 30.3 Å². The summed E-state index contributed by atoms with van der Waals surface area (Å²) >= 11 is 12.0. The van der Waals surface area contributed by atoms with Crippen LogP contribution in [0.25, 0.3) is 11.3 Å². The number of carbonyl (C=O) groups is 1. The summed E-state index contributed by atoms with van der Waals surface area (Å²) in [7, 11) is 0. The van der Waals surface area contributed by atoms with Gasteiger partial charge in [0, 0.05) is 30.3 Å². The zero-order chi connectivity index (χ0) is 19.5. The van der Waals surface area contributed by atoms with Crippen molar-refractivity contribution in [3.63, 3.8) is 0 Å². The predicted octanol–water partition coefficient (Wildman–Crippen LogP) is 5.53. The molecule has 7 heteroatoms. The van der Waals surface area contributed by atoms with Crippen LogP contribution in [0.1, 0.15) is 34.8 Å². The van der Waals surface area contributed by atoms with Crippen LogP contribution >= 0.6 is 23.2 Å². The van der Waals surface area contributed by atoms with E-state index in [0.717, 1.165) is 29.8 Å². The van der Waals surface area contributed by atoms with Crippen molar-refractivity contribution in [1.82, 2.24) is 10.2 Å². The molecule has 1 fully saturated rings. The molecule has 3 aromatic rings. The maximum Gasteiger partial charge on any atom is 0.255 e. The molecule has 0 saturated carbocycles. The van der Waals surface area contributed by atoms with E-state index in [1.54, 1.807) is 18.2 Å². The van der Waals surface area contributed by atoms with E-state index in [-0.39, 0.29) is 11.8 Å². The first-order valence-corrected chi connectivity index (χ1v) is 9.87. The van der Waals surface area contributed by atoms with Gasteiger partial charge < -0.3 is 10.1 Å². The minimum absolute atomic E-state index is 0.253. The van der Waals surface area contributed by atoms with Gasteiger partial charge >= 0.3 is 0 Å². The van der Waals surface area contributed by atoms with Crippen molar-refractivity contribution < 1.29 is 9.53 Å². The first kappa shape index (κ1) is 19.0. The lowest BCUT2D eigenvalue weighted by molar-refractivity contribution is 0.0846. The highest BCUT2D eigenvalue weighted by atomic mass is 35.5. The molecule has 28 heavy (non-hydrogen) atoms. The van der Waals surface area contributed by atoms with Crippen LogP contribution in [-0.4, -0.2) is 29.3 Å². The molecule has 0 spiro atoms. The highest BCUT2D eigenvalue weighted by molar-refractivity contribution is 6.42. The fourth-order valence-corrected chi connectivity index (χ4v) is 3.69. The number of nitrogens with zero attached hydrogens (tertiary/aromatic N) is 1. The maximum atomic E-state index is 12.9. The average molecular weight is 416 g/mol. The first-order valence-electron chi connectivity index (χ1n) is 9.11. The highest BCUT2D eigenvalue weighted by Gasteiger charge is 2.25. The topological polar surface area (TPSA) is 67.0 Å². The summed E-state index contributed by atoms with van der Waals surface area (Å²) in [5, 5.41) is 11.5. The molecule has 1 amide bonds. The van der Waals surface area contributed by atoms with Crippen molar-refractivity contribution in [2.75, 3.05) is 18.5 Å². The molecule has 1 aliphatic heterocycles. The van der Waals surface area contributed by atoms with Crippen LogP contribution in [0.15, 0.2) is 48.5 Å². The second kappa shape index (κ2) is 8.35. The van der Waals surface area contributed by atoms with Crippen LogP contribution in [-0.2, 0) is 4.74 Å². The van der Waals surface area contributed by atoms with Crippen LogP contribution in [0.2, 0.25) is 10.0 Å². The molecule has 0 aliphatic carbocycles. The molecule has 4 rings (SSSR count). The lowest BCUT2D eigenvalue weighted by Crippen LogP contribution is -2.18. The Labute approximate surface area is 173 Å². The van der Waals surface area contributed by atoms with Gasteiger partial charge in [-0.25, -0.2) is 0 Å². The smallest absolute Gasteiger partial charge is 0.255 e. The van der Waals surface area contributed by atoms with Gasteiger partial charge in [-0.15, -0.1) is 0 Å². The van der Waals surface area contributed by atoms with Crippen molar-refractivity contribution in [1.29, 1.82) is 0 Å². The third-order valence-electron chi connectivity index (χ3n) is 4.89. The maximum absolute atomic E-state index is 12.9. The summed E-state index contributed by atoms with van der Waals surface area (Å²) in [6, 6.07) is 14.6. The van der Waals surface area contributed by atoms with E-state index in [9.17, 15) is 4.79 Å². The number of aromatic amines is 1. The molecule has 1 aromatic heterocycles. The molecule has 2 aromatic carbocycles. The van der Waals surface area contributed by atoms with Crippen LogP contribution < -0.4 is 5.32 Å². The van der Waals surface area contributed by atoms with E-state index in [4.69, 9.17) is 27.9 Å². The van der Waals surface area contributed by atoms with E-state index in [1.165, 1.54) is 0 Å². The molecule has 0 unspecified atom stereocenters. The van der Waals surface area contributed by atoms with Crippen LogP contribution in [0.3, 0.4) is 0 Å². The van der Waals surface area contributed by atoms with Crippen LogP contribution in [0.5, 0.6) is 0 Å². The van der Waals surface area contributed by atoms with E-state index < -0.39 is 0 Å². The summed E-state index contributed by atoms with van der Waals surface area (Å²) in [5.74, 6) is -0.00623. The molecule has 1 saturated heterocycles. The number of H-pyrrole nitrogens is 1. The van der Waals surface area contributed by atoms with Gasteiger partial charge in [0.2, 0.25) is 0 Å². The molecule has 144 valence electrons. The fraction of sp³-hybridized carbons (Fsp3) is 0.238. The molecular formula is C21H19Cl2N3O2.